The Balaban J connectivity index is 1.68. The molecule has 1 heterocycles. The number of benzene rings is 2. The van der Waals surface area contributed by atoms with Crippen molar-refractivity contribution >= 4 is 29.3 Å². The summed E-state index contributed by atoms with van der Waals surface area (Å²) in [6, 6.07) is 11.6. The number of amides is 2. The van der Waals surface area contributed by atoms with Crippen molar-refractivity contribution in [2.75, 3.05) is 17.6 Å². The third kappa shape index (κ3) is 4.31. The molecule has 1 aliphatic heterocycles. The number of carbonyl (C=O) groups is 2. The number of para-hydroxylation sites is 1. The molecular formula is C19H17F3N2O3S. The Morgan fingerprint density at radius 2 is 1.75 bits per heavy atom. The lowest BCUT2D eigenvalue weighted by Gasteiger charge is -2.34. The maximum absolute atomic E-state index is 13.0. The molecule has 2 aromatic carbocycles. The van der Waals surface area contributed by atoms with Crippen LogP contribution in [0.3, 0.4) is 0 Å². The van der Waals surface area contributed by atoms with Crippen molar-refractivity contribution in [2.24, 2.45) is 0 Å². The molecule has 5 nitrogen and oxygen atoms in total. The summed E-state index contributed by atoms with van der Waals surface area (Å²) in [5, 5.41) is 15.2. The van der Waals surface area contributed by atoms with Crippen molar-refractivity contribution < 1.29 is 27.9 Å². The monoisotopic (exact) mass is 410 g/mol. The number of fused-ring (bicyclic) bond motifs is 1. The average molecular weight is 410 g/mol. The molecule has 0 bridgehead atoms. The molecule has 28 heavy (non-hydrogen) atoms. The first-order valence-corrected chi connectivity index (χ1v) is 9.50. The van der Waals surface area contributed by atoms with Crippen LogP contribution in [0.15, 0.2) is 48.5 Å². The van der Waals surface area contributed by atoms with Crippen molar-refractivity contribution in [1.29, 1.82) is 0 Å². The minimum atomic E-state index is -4.67. The van der Waals surface area contributed by atoms with Crippen molar-refractivity contribution in [3.63, 3.8) is 0 Å². The fourth-order valence-corrected chi connectivity index (χ4v) is 4.15. The first-order chi connectivity index (χ1) is 13.2. The molecule has 1 atom stereocenters. The van der Waals surface area contributed by atoms with E-state index in [1.54, 1.807) is 12.1 Å². The van der Waals surface area contributed by atoms with Crippen LogP contribution in [-0.2, 0) is 27.1 Å². The summed E-state index contributed by atoms with van der Waals surface area (Å²) >= 11 is 1.49. The standard InChI is InChI=1S/C19H17F3N2O3S/c20-19(21,22)14-7-3-4-8-15(14)24-17(26)16(25)23-10-18(27)11-28-9-12-5-1-2-6-13(12)18/h1-8,27H,9-11H2,(H,23,25)(H,24,26). The maximum Gasteiger partial charge on any atom is 0.418 e. The predicted octanol–water partition coefficient (Wildman–Crippen LogP) is 2.89. The smallest absolute Gasteiger partial charge is 0.382 e. The molecule has 0 aromatic heterocycles. The third-order valence-corrected chi connectivity index (χ3v) is 5.54. The van der Waals surface area contributed by atoms with Crippen LogP contribution in [0.1, 0.15) is 16.7 Å². The van der Waals surface area contributed by atoms with Crippen LogP contribution >= 0.6 is 11.8 Å². The molecule has 2 amide bonds. The molecule has 1 aliphatic rings. The molecule has 3 rings (SSSR count). The van der Waals surface area contributed by atoms with Crippen LogP contribution in [-0.4, -0.2) is 29.2 Å². The fourth-order valence-electron chi connectivity index (χ4n) is 2.98. The molecule has 0 fully saturated rings. The summed E-state index contributed by atoms with van der Waals surface area (Å²) in [5.74, 6) is -1.32. The van der Waals surface area contributed by atoms with Gasteiger partial charge in [0, 0.05) is 11.5 Å². The van der Waals surface area contributed by atoms with E-state index >= 15 is 0 Å². The zero-order valence-corrected chi connectivity index (χ0v) is 15.4. The largest absolute Gasteiger partial charge is 0.418 e. The van der Waals surface area contributed by atoms with Crippen LogP contribution in [0.5, 0.6) is 0 Å². The van der Waals surface area contributed by atoms with E-state index in [1.165, 1.54) is 23.9 Å². The maximum atomic E-state index is 13.0. The van der Waals surface area contributed by atoms with E-state index in [9.17, 15) is 27.9 Å². The van der Waals surface area contributed by atoms with Gasteiger partial charge < -0.3 is 15.7 Å². The SMILES string of the molecule is O=C(NCC1(O)CSCc2ccccc21)C(=O)Nc1ccccc1C(F)(F)F. The molecule has 1 unspecified atom stereocenters. The van der Waals surface area contributed by atoms with Gasteiger partial charge in [-0.3, -0.25) is 9.59 Å². The average Bonchev–Trinajstić information content (AvgIpc) is 2.66. The number of rotatable bonds is 3. The lowest BCUT2D eigenvalue weighted by atomic mass is 9.91. The summed E-state index contributed by atoms with van der Waals surface area (Å²) in [5.41, 5.74) is -1.32. The molecule has 148 valence electrons. The van der Waals surface area contributed by atoms with Crippen LogP contribution in [0.2, 0.25) is 0 Å². The highest BCUT2D eigenvalue weighted by molar-refractivity contribution is 7.98. The Hall–Kier alpha value is -2.52. The van der Waals surface area contributed by atoms with Gasteiger partial charge in [-0.1, -0.05) is 36.4 Å². The van der Waals surface area contributed by atoms with Gasteiger partial charge in [0.25, 0.3) is 0 Å². The second-order valence-corrected chi connectivity index (χ2v) is 7.35. The highest BCUT2D eigenvalue weighted by Gasteiger charge is 2.36. The van der Waals surface area contributed by atoms with E-state index in [-0.39, 0.29) is 6.54 Å². The van der Waals surface area contributed by atoms with Crippen LogP contribution < -0.4 is 10.6 Å². The normalized spacial score (nSPS) is 18.9. The number of aliphatic hydroxyl groups is 1. The molecule has 3 N–H and O–H groups in total. The number of hydrogen-bond donors (Lipinski definition) is 3. The first-order valence-electron chi connectivity index (χ1n) is 8.35. The van der Waals surface area contributed by atoms with Crippen LogP contribution in [0, 0.1) is 0 Å². The van der Waals surface area contributed by atoms with Gasteiger partial charge in [0.05, 0.1) is 17.8 Å². The summed E-state index contributed by atoms with van der Waals surface area (Å²) in [7, 11) is 0. The fraction of sp³-hybridized carbons (Fsp3) is 0.263. The van der Waals surface area contributed by atoms with E-state index in [0.717, 1.165) is 23.4 Å². The number of alkyl halides is 3. The Kier molecular flexibility index (Phi) is 5.66. The number of anilines is 1. The summed E-state index contributed by atoms with van der Waals surface area (Å²) in [4.78, 5) is 24.1. The zero-order chi connectivity index (χ0) is 20.4. The van der Waals surface area contributed by atoms with Crippen LogP contribution in [0.4, 0.5) is 18.9 Å². The third-order valence-electron chi connectivity index (χ3n) is 4.35. The Morgan fingerprint density at radius 3 is 2.50 bits per heavy atom. The van der Waals surface area contributed by atoms with Crippen molar-refractivity contribution in [3.05, 3.63) is 65.2 Å². The predicted molar refractivity (Wildman–Crippen MR) is 99.6 cm³/mol. The van der Waals surface area contributed by atoms with Crippen molar-refractivity contribution in [3.8, 4) is 0 Å². The van der Waals surface area contributed by atoms with Gasteiger partial charge in [-0.15, -0.1) is 0 Å². The molecule has 2 aromatic rings. The minimum Gasteiger partial charge on any atom is -0.382 e. The molecule has 0 saturated heterocycles. The lowest BCUT2D eigenvalue weighted by Crippen LogP contribution is -2.47. The second kappa shape index (κ2) is 7.84. The lowest BCUT2D eigenvalue weighted by molar-refractivity contribution is -0.138. The summed E-state index contributed by atoms with van der Waals surface area (Å²) in [6.45, 7) is -0.232. The highest BCUT2D eigenvalue weighted by Crippen LogP contribution is 2.36. The van der Waals surface area contributed by atoms with Gasteiger partial charge >= 0.3 is 18.0 Å². The Bertz CT molecular complexity index is 904. The number of thioether (sulfide) groups is 1. The summed E-state index contributed by atoms with van der Waals surface area (Å²) < 4.78 is 39.0. The zero-order valence-electron chi connectivity index (χ0n) is 14.5. The molecule has 9 heteroatoms. The first kappa shape index (κ1) is 20.2. The number of hydrogen-bond acceptors (Lipinski definition) is 4. The minimum absolute atomic E-state index is 0.232. The quantitative estimate of drug-likeness (QED) is 0.680. The number of carbonyl (C=O) groups excluding carboxylic acids is 2. The van der Waals surface area contributed by atoms with Crippen molar-refractivity contribution in [2.45, 2.75) is 17.5 Å². The molecule has 0 aliphatic carbocycles. The second-order valence-electron chi connectivity index (χ2n) is 6.36. The van der Waals surface area contributed by atoms with Gasteiger partial charge in [0.1, 0.15) is 5.60 Å². The Labute approximate surface area is 163 Å². The molecule has 0 spiro atoms. The highest BCUT2D eigenvalue weighted by atomic mass is 32.2. The van der Waals surface area contributed by atoms with E-state index in [4.69, 9.17) is 0 Å². The van der Waals surface area contributed by atoms with E-state index in [1.807, 2.05) is 17.4 Å². The summed E-state index contributed by atoms with van der Waals surface area (Å²) in [6.07, 6.45) is -4.67. The molecule has 0 saturated carbocycles. The number of nitrogens with one attached hydrogen (secondary N) is 2. The van der Waals surface area contributed by atoms with Crippen molar-refractivity contribution in [1.82, 2.24) is 5.32 Å². The van der Waals surface area contributed by atoms with Gasteiger partial charge in [0.2, 0.25) is 0 Å². The number of halogens is 3. The van der Waals surface area contributed by atoms with E-state index in [0.29, 0.717) is 11.3 Å². The molecular weight excluding hydrogens is 393 g/mol. The van der Waals surface area contributed by atoms with Gasteiger partial charge in [-0.25, -0.2) is 0 Å². The van der Waals surface area contributed by atoms with E-state index in [2.05, 4.69) is 5.32 Å². The van der Waals surface area contributed by atoms with Gasteiger partial charge in [0.15, 0.2) is 0 Å². The van der Waals surface area contributed by atoms with Gasteiger partial charge in [-0.05, 0) is 23.3 Å². The van der Waals surface area contributed by atoms with Crippen LogP contribution in [0.25, 0.3) is 0 Å². The van der Waals surface area contributed by atoms with E-state index < -0.39 is 34.8 Å². The molecule has 0 radical (unpaired) electrons. The van der Waals surface area contributed by atoms with Gasteiger partial charge in [-0.2, -0.15) is 24.9 Å². The Morgan fingerprint density at radius 1 is 1.07 bits per heavy atom. The topological polar surface area (TPSA) is 78.4 Å².